The second-order valence-electron chi connectivity index (χ2n) is 11.8. The molecule has 196 valence electrons. The molecule has 0 N–H and O–H groups in total. The highest BCUT2D eigenvalue weighted by molar-refractivity contribution is 6.27. The van der Waals surface area contributed by atoms with E-state index in [0.717, 1.165) is 6.42 Å². The summed E-state index contributed by atoms with van der Waals surface area (Å²) in [7, 11) is 0. The van der Waals surface area contributed by atoms with Crippen molar-refractivity contribution < 1.29 is 0 Å². The van der Waals surface area contributed by atoms with E-state index in [1.165, 1.54) is 93.5 Å². The molecule has 0 atom stereocenters. The van der Waals surface area contributed by atoms with Gasteiger partial charge in [-0.1, -0.05) is 145 Å². The first-order valence-electron chi connectivity index (χ1n) is 14.8. The monoisotopic (exact) mass is 532 g/mol. The lowest BCUT2D eigenvalue weighted by molar-refractivity contribution is 1.26. The minimum atomic E-state index is 1.02. The minimum Gasteiger partial charge on any atom is -0.0619 e. The Morgan fingerprint density at radius 2 is 0.881 bits per heavy atom. The van der Waals surface area contributed by atoms with Crippen molar-refractivity contribution in [1.29, 1.82) is 0 Å². The summed E-state index contributed by atoms with van der Waals surface area (Å²) in [5.41, 5.74) is 14.6. The highest BCUT2D eigenvalue weighted by Gasteiger charge is 2.19. The van der Waals surface area contributed by atoms with Crippen molar-refractivity contribution >= 4 is 32.3 Å². The van der Waals surface area contributed by atoms with E-state index in [9.17, 15) is 0 Å². The SMILES string of the molecule is Cc1ccc(-c2ccc3ccc4c(-c5ccc(-c6ccc7c(c6)Cc6ccccc6-7)cc5)ccc5ccc2c3c54)cc1. The molecule has 0 nitrogen and oxygen atoms in total. The molecule has 0 unspecified atom stereocenters. The van der Waals surface area contributed by atoms with Crippen LogP contribution in [0.15, 0.2) is 140 Å². The van der Waals surface area contributed by atoms with Crippen molar-refractivity contribution in [2.75, 3.05) is 0 Å². The Morgan fingerprint density at radius 1 is 0.381 bits per heavy atom. The molecule has 0 bridgehead atoms. The molecule has 0 amide bonds. The molecule has 0 aliphatic heterocycles. The van der Waals surface area contributed by atoms with Crippen molar-refractivity contribution in [3.63, 3.8) is 0 Å². The molecule has 0 radical (unpaired) electrons. The van der Waals surface area contributed by atoms with E-state index in [1.807, 2.05) is 0 Å². The number of hydrogen-bond donors (Lipinski definition) is 0. The second kappa shape index (κ2) is 8.90. The van der Waals surface area contributed by atoms with E-state index >= 15 is 0 Å². The average molecular weight is 533 g/mol. The predicted octanol–water partition coefficient (Wildman–Crippen LogP) is 11.5. The quantitative estimate of drug-likeness (QED) is 0.199. The Morgan fingerprint density at radius 3 is 1.55 bits per heavy atom. The van der Waals surface area contributed by atoms with Gasteiger partial charge in [0.1, 0.15) is 0 Å². The van der Waals surface area contributed by atoms with Gasteiger partial charge in [-0.15, -0.1) is 0 Å². The Hall–Kier alpha value is -5.20. The van der Waals surface area contributed by atoms with E-state index in [-0.39, 0.29) is 0 Å². The van der Waals surface area contributed by atoms with Crippen LogP contribution in [-0.2, 0) is 6.42 Å². The Bertz CT molecular complexity index is 2300. The summed E-state index contributed by atoms with van der Waals surface area (Å²) in [5, 5.41) is 7.95. The Labute approximate surface area is 245 Å². The maximum absolute atomic E-state index is 2.38. The number of hydrogen-bond acceptors (Lipinski definition) is 0. The standard InChI is InChI=1S/C42H28/c1-26-6-8-28(9-7-26)36-19-14-30-17-23-40-37(20-15-31-16-22-39(36)41(30)42(31)40)29-12-10-27(11-13-29)32-18-21-38-34(24-32)25-33-4-2-3-5-35(33)38/h2-24H,25H2,1H3. The van der Waals surface area contributed by atoms with Gasteiger partial charge < -0.3 is 0 Å². The zero-order valence-corrected chi connectivity index (χ0v) is 23.5. The molecular formula is C42H28. The molecule has 0 saturated carbocycles. The largest absolute Gasteiger partial charge is 0.0619 e. The first-order chi connectivity index (χ1) is 20.7. The van der Waals surface area contributed by atoms with E-state index in [4.69, 9.17) is 0 Å². The summed E-state index contributed by atoms with van der Waals surface area (Å²) in [4.78, 5) is 0. The first kappa shape index (κ1) is 23.5. The average Bonchev–Trinajstić information content (AvgIpc) is 3.42. The molecule has 0 saturated heterocycles. The summed E-state index contributed by atoms with van der Waals surface area (Å²) < 4.78 is 0. The van der Waals surface area contributed by atoms with Crippen molar-refractivity contribution in [3.05, 3.63) is 156 Å². The summed E-state index contributed by atoms with van der Waals surface area (Å²) in [6.07, 6.45) is 1.02. The van der Waals surface area contributed by atoms with Crippen molar-refractivity contribution in [2.24, 2.45) is 0 Å². The fraction of sp³-hybridized carbons (Fsp3) is 0.0476. The third-order valence-corrected chi connectivity index (χ3v) is 9.35. The summed E-state index contributed by atoms with van der Waals surface area (Å²) in [5.74, 6) is 0. The third-order valence-electron chi connectivity index (χ3n) is 9.35. The molecule has 42 heavy (non-hydrogen) atoms. The van der Waals surface area contributed by atoms with Crippen LogP contribution in [0.4, 0.5) is 0 Å². The van der Waals surface area contributed by atoms with Crippen LogP contribution in [0.3, 0.4) is 0 Å². The van der Waals surface area contributed by atoms with Crippen LogP contribution < -0.4 is 0 Å². The number of rotatable bonds is 3. The maximum atomic E-state index is 2.38. The van der Waals surface area contributed by atoms with Crippen LogP contribution in [0.5, 0.6) is 0 Å². The highest BCUT2D eigenvalue weighted by atomic mass is 14.2. The Kier molecular flexibility index (Phi) is 4.98. The number of fused-ring (bicyclic) bond motifs is 3. The molecule has 8 aromatic carbocycles. The van der Waals surface area contributed by atoms with Crippen LogP contribution in [0.2, 0.25) is 0 Å². The van der Waals surface area contributed by atoms with Crippen molar-refractivity contribution in [3.8, 4) is 44.5 Å². The van der Waals surface area contributed by atoms with Gasteiger partial charge in [-0.25, -0.2) is 0 Å². The zero-order chi connectivity index (χ0) is 27.8. The van der Waals surface area contributed by atoms with Gasteiger partial charge >= 0.3 is 0 Å². The van der Waals surface area contributed by atoms with Crippen LogP contribution in [0, 0.1) is 6.92 Å². The molecule has 0 spiro atoms. The predicted molar refractivity (Wildman–Crippen MR) is 179 cm³/mol. The molecule has 0 heterocycles. The van der Waals surface area contributed by atoms with Gasteiger partial charge in [-0.05, 0) is 101 Å². The topological polar surface area (TPSA) is 0 Å². The molecule has 0 fully saturated rings. The summed E-state index contributed by atoms with van der Waals surface area (Å²) in [6.45, 7) is 2.15. The molecular weight excluding hydrogens is 504 g/mol. The van der Waals surface area contributed by atoms with Gasteiger partial charge in [-0.2, -0.15) is 0 Å². The third kappa shape index (κ3) is 3.49. The number of aryl methyl sites for hydroxylation is 1. The zero-order valence-electron chi connectivity index (χ0n) is 23.5. The van der Waals surface area contributed by atoms with Gasteiger partial charge in [-0.3, -0.25) is 0 Å². The lowest BCUT2D eigenvalue weighted by Gasteiger charge is -2.17. The fourth-order valence-electron chi connectivity index (χ4n) is 7.20. The molecule has 9 rings (SSSR count). The van der Waals surface area contributed by atoms with E-state index < -0.39 is 0 Å². The fourth-order valence-corrected chi connectivity index (χ4v) is 7.20. The van der Waals surface area contributed by atoms with Crippen molar-refractivity contribution in [2.45, 2.75) is 13.3 Å². The lowest BCUT2D eigenvalue weighted by atomic mass is 9.87. The van der Waals surface area contributed by atoms with Gasteiger partial charge in [0.2, 0.25) is 0 Å². The normalized spacial score (nSPS) is 12.3. The molecule has 8 aromatic rings. The molecule has 1 aliphatic rings. The van der Waals surface area contributed by atoms with E-state index in [1.54, 1.807) is 0 Å². The highest BCUT2D eigenvalue weighted by Crippen LogP contribution is 2.43. The lowest BCUT2D eigenvalue weighted by Crippen LogP contribution is -1.90. The van der Waals surface area contributed by atoms with E-state index in [2.05, 4.69) is 146 Å². The van der Waals surface area contributed by atoms with Crippen molar-refractivity contribution in [1.82, 2.24) is 0 Å². The van der Waals surface area contributed by atoms with Crippen LogP contribution >= 0.6 is 0 Å². The molecule has 0 heteroatoms. The first-order valence-corrected chi connectivity index (χ1v) is 14.8. The van der Waals surface area contributed by atoms with Gasteiger partial charge in [0, 0.05) is 0 Å². The van der Waals surface area contributed by atoms with E-state index in [0.29, 0.717) is 0 Å². The molecule has 1 aliphatic carbocycles. The maximum Gasteiger partial charge on any atom is -0.00132 e. The smallest absolute Gasteiger partial charge is 0.00132 e. The Balaban J connectivity index is 1.14. The van der Waals surface area contributed by atoms with Gasteiger partial charge in [0.05, 0.1) is 0 Å². The molecule has 0 aromatic heterocycles. The summed E-state index contributed by atoms with van der Waals surface area (Å²) >= 11 is 0. The minimum absolute atomic E-state index is 1.02. The summed E-state index contributed by atoms with van der Waals surface area (Å²) in [6, 6.07) is 52.2. The van der Waals surface area contributed by atoms with Crippen LogP contribution in [0.25, 0.3) is 76.8 Å². The number of benzene rings is 8. The van der Waals surface area contributed by atoms with Gasteiger partial charge in [0.25, 0.3) is 0 Å². The second-order valence-corrected chi connectivity index (χ2v) is 11.8. The van der Waals surface area contributed by atoms with Gasteiger partial charge in [0.15, 0.2) is 0 Å². The van der Waals surface area contributed by atoms with Crippen LogP contribution in [-0.4, -0.2) is 0 Å². The van der Waals surface area contributed by atoms with Crippen LogP contribution in [0.1, 0.15) is 16.7 Å².